The van der Waals surface area contributed by atoms with Gasteiger partial charge in [-0.25, -0.2) is 18.4 Å². The zero-order chi connectivity index (χ0) is 19.3. The van der Waals surface area contributed by atoms with Crippen LogP contribution in [0.4, 0.5) is 5.82 Å². The van der Waals surface area contributed by atoms with E-state index in [2.05, 4.69) is 26.7 Å². The van der Waals surface area contributed by atoms with E-state index in [9.17, 15) is 8.42 Å². The van der Waals surface area contributed by atoms with Crippen LogP contribution < -0.4 is 10.2 Å². The summed E-state index contributed by atoms with van der Waals surface area (Å²) in [4.78, 5) is 13.6. The molecule has 0 radical (unpaired) electrons. The number of guanidine groups is 1. The maximum Gasteiger partial charge on any atom is 0.194 e. The molecule has 0 bridgehead atoms. The molecule has 1 aromatic heterocycles. The zero-order valence-corrected chi connectivity index (χ0v) is 19.5. The van der Waals surface area contributed by atoms with Gasteiger partial charge in [-0.05, 0) is 31.4 Å². The maximum absolute atomic E-state index is 11.7. The van der Waals surface area contributed by atoms with E-state index in [1.807, 2.05) is 31.3 Å². The van der Waals surface area contributed by atoms with E-state index in [0.717, 1.165) is 50.0 Å². The van der Waals surface area contributed by atoms with Crippen molar-refractivity contribution < 1.29 is 8.42 Å². The zero-order valence-electron chi connectivity index (χ0n) is 16.4. The third-order valence-electron chi connectivity index (χ3n) is 4.93. The molecule has 0 aliphatic carbocycles. The fourth-order valence-electron chi connectivity index (χ4n) is 3.43. The van der Waals surface area contributed by atoms with Gasteiger partial charge in [-0.15, -0.1) is 24.0 Å². The van der Waals surface area contributed by atoms with Crippen molar-refractivity contribution in [3.05, 3.63) is 36.5 Å². The predicted octanol–water partition coefficient (Wildman–Crippen LogP) is 1.78. The summed E-state index contributed by atoms with van der Waals surface area (Å²) in [5.41, 5.74) is 1.00. The third-order valence-corrected chi connectivity index (χ3v) is 6.76. The summed E-state index contributed by atoms with van der Waals surface area (Å²) in [6.45, 7) is 10.6. The number of hydrogen-bond donors (Lipinski definition) is 1. The largest absolute Gasteiger partial charge is 0.356 e. The molecule has 0 aromatic carbocycles. The first-order valence-corrected chi connectivity index (χ1v) is 11.3. The van der Waals surface area contributed by atoms with E-state index in [1.165, 1.54) is 0 Å². The number of anilines is 1. The first kappa shape index (κ1) is 22.9. The fourth-order valence-corrected chi connectivity index (χ4v) is 5.30. The number of aliphatic imine (C=N–C) groups is 1. The lowest BCUT2D eigenvalue weighted by Crippen LogP contribution is -2.53. The second-order valence-corrected chi connectivity index (χ2v) is 9.64. The van der Waals surface area contributed by atoms with Gasteiger partial charge in [-0.2, -0.15) is 0 Å². The van der Waals surface area contributed by atoms with Gasteiger partial charge in [0.15, 0.2) is 15.8 Å². The van der Waals surface area contributed by atoms with Gasteiger partial charge >= 0.3 is 0 Å². The molecular formula is C19H30IN5O2S. The van der Waals surface area contributed by atoms with Crippen molar-refractivity contribution in [3.63, 3.8) is 0 Å². The quantitative estimate of drug-likeness (QED) is 0.277. The molecule has 1 unspecified atom stereocenters. The molecule has 156 valence electrons. The second kappa shape index (κ2) is 10.4. The van der Waals surface area contributed by atoms with E-state index in [4.69, 9.17) is 4.99 Å². The topological polar surface area (TPSA) is 77.9 Å². The Balaban J connectivity index is 0.00000280. The normalized spacial score (nSPS) is 21.9. The van der Waals surface area contributed by atoms with Gasteiger partial charge in [0, 0.05) is 38.9 Å². The number of halogens is 1. The van der Waals surface area contributed by atoms with Gasteiger partial charge < -0.3 is 15.1 Å². The van der Waals surface area contributed by atoms with Crippen LogP contribution in [-0.4, -0.2) is 75.0 Å². The Labute approximate surface area is 185 Å². The molecule has 1 atom stereocenters. The van der Waals surface area contributed by atoms with Crippen LogP contribution in [0.3, 0.4) is 0 Å². The number of hydrogen-bond acceptors (Lipinski definition) is 5. The number of sulfone groups is 1. The lowest BCUT2D eigenvalue weighted by atomic mass is 10.1. The first-order valence-electron chi connectivity index (χ1n) is 9.47. The van der Waals surface area contributed by atoms with Gasteiger partial charge in [-0.3, -0.25) is 0 Å². The van der Waals surface area contributed by atoms with Crippen LogP contribution in [0, 0.1) is 5.92 Å². The molecule has 0 spiro atoms. The number of rotatable bonds is 5. The van der Waals surface area contributed by atoms with Crippen molar-refractivity contribution in [1.29, 1.82) is 0 Å². The number of nitrogens with zero attached hydrogens (tertiary/aromatic N) is 4. The van der Waals surface area contributed by atoms with Crippen LogP contribution in [0.1, 0.15) is 13.3 Å². The highest BCUT2D eigenvalue weighted by Gasteiger charge is 2.28. The number of nitrogens with one attached hydrogen (secondary N) is 1. The molecule has 2 aliphatic heterocycles. The molecule has 3 rings (SSSR count). The van der Waals surface area contributed by atoms with Crippen molar-refractivity contribution in [2.75, 3.05) is 55.7 Å². The summed E-state index contributed by atoms with van der Waals surface area (Å²) in [6.07, 6.45) is 2.55. The number of pyridine rings is 1. The lowest BCUT2D eigenvalue weighted by molar-refractivity contribution is 0.367. The fraction of sp³-hybridized carbons (Fsp3) is 0.579. The van der Waals surface area contributed by atoms with Gasteiger partial charge in [0.1, 0.15) is 5.82 Å². The minimum atomic E-state index is -2.85. The number of piperazine rings is 1. The van der Waals surface area contributed by atoms with Gasteiger partial charge in [0.25, 0.3) is 0 Å². The Morgan fingerprint density at radius 2 is 2.07 bits per heavy atom. The Hall–Kier alpha value is -1.36. The van der Waals surface area contributed by atoms with Crippen molar-refractivity contribution >= 4 is 45.6 Å². The minimum Gasteiger partial charge on any atom is -0.356 e. The highest BCUT2D eigenvalue weighted by molar-refractivity contribution is 14.0. The van der Waals surface area contributed by atoms with E-state index >= 15 is 0 Å². The van der Waals surface area contributed by atoms with Crippen molar-refractivity contribution in [2.45, 2.75) is 13.3 Å². The molecule has 7 nitrogen and oxygen atoms in total. The van der Waals surface area contributed by atoms with Gasteiger partial charge in [-0.1, -0.05) is 18.2 Å². The molecule has 1 aromatic rings. The summed E-state index contributed by atoms with van der Waals surface area (Å²) < 4.78 is 23.4. The molecule has 0 amide bonds. The minimum absolute atomic E-state index is 0. The lowest BCUT2D eigenvalue weighted by Gasteiger charge is -2.37. The standard InChI is InChI=1S/C19H29N5O2S.HI/c1-16(2)13-21-19(22-14-17-6-12-27(25,26)15-17)24-10-8-23(9-11-24)18-5-3-4-7-20-18;/h3-5,7,17H,1,6,8-15H2,2H3,(H,21,22);1H. The van der Waals surface area contributed by atoms with Crippen molar-refractivity contribution in [3.8, 4) is 0 Å². The van der Waals surface area contributed by atoms with E-state index in [1.54, 1.807) is 0 Å². The Kier molecular flexibility index (Phi) is 8.54. The Morgan fingerprint density at radius 1 is 1.32 bits per heavy atom. The summed E-state index contributed by atoms with van der Waals surface area (Å²) >= 11 is 0. The molecule has 3 heterocycles. The summed E-state index contributed by atoms with van der Waals surface area (Å²) in [5.74, 6) is 2.60. The smallest absolute Gasteiger partial charge is 0.194 e. The molecule has 2 aliphatic rings. The van der Waals surface area contributed by atoms with E-state index in [0.29, 0.717) is 18.8 Å². The predicted molar refractivity (Wildman–Crippen MR) is 125 cm³/mol. The Morgan fingerprint density at radius 3 is 2.64 bits per heavy atom. The maximum atomic E-state index is 11.7. The van der Waals surface area contributed by atoms with Crippen LogP contribution in [0.2, 0.25) is 0 Å². The first-order chi connectivity index (χ1) is 12.9. The molecule has 1 N–H and O–H groups in total. The average molecular weight is 519 g/mol. The summed E-state index contributed by atoms with van der Waals surface area (Å²) in [5, 5.41) is 3.42. The Bertz CT molecular complexity index is 777. The third kappa shape index (κ3) is 6.61. The van der Waals surface area contributed by atoms with E-state index < -0.39 is 9.84 Å². The average Bonchev–Trinajstić information content (AvgIpc) is 3.01. The van der Waals surface area contributed by atoms with Crippen LogP contribution in [0.25, 0.3) is 0 Å². The van der Waals surface area contributed by atoms with Crippen LogP contribution in [0.15, 0.2) is 41.5 Å². The van der Waals surface area contributed by atoms with Crippen LogP contribution in [-0.2, 0) is 9.84 Å². The van der Waals surface area contributed by atoms with Crippen LogP contribution >= 0.6 is 24.0 Å². The van der Waals surface area contributed by atoms with E-state index in [-0.39, 0.29) is 35.6 Å². The van der Waals surface area contributed by atoms with Crippen LogP contribution in [0.5, 0.6) is 0 Å². The molecule has 2 fully saturated rings. The summed E-state index contributed by atoms with van der Waals surface area (Å²) in [6, 6.07) is 5.96. The van der Waals surface area contributed by atoms with Crippen molar-refractivity contribution in [2.24, 2.45) is 10.9 Å². The highest BCUT2D eigenvalue weighted by Crippen LogP contribution is 2.18. The SMILES string of the molecule is C=C(C)CN=C(NCC1CCS(=O)(=O)C1)N1CCN(c2ccccn2)CC1.I. The summed E-state index contributed by atoms with van der Waals surface area (Å²) in [7, 11) is -2.85. The van der Waals surface area contributed by atoms with Crippen molar-refractivity contribution in [1.82, 2.24) is 15.2 Å². The molecule has 0 saturated carbocycles. The molecule has 2 saturated heterocycles. The molecule has 28 heavy (non-hydrogen) atoms. The molecular weight excluding hydrogens is 489 g/mol. The highest BCUT2D eigenvalue weighted by atomic mass is 127. The number of aromatic nitrogens is 1. The van der Waals surface area contributed by atoms with Gasteiger partial charge in [0.2, 0.25) is 0 Å². The monoisotopic (exact) mass is 519 g/mol. The van der Waals surface area contributed by atoms with Gasteiger partial charge in [0.05, 0.1) is 18.1 Å². The molecule has 9 heteroatoms. The second-order valence-electron chi connectivity index (χ2n) is 7.41.